The second-order valence-electron chi connectivity index (χ2n) is 4.34. The molecule has 6 heteroatoms. The Balaban J connectivity index is 3.25. The second kappa shape index (κ2) is 5.30. The van der Waals surface area contributed by atoms with Crippen LogP contribution >= 0.6 is 11.6 Å². The van der Waals surface area contributed by atoms with Crippen molar-refractivity contribution in [1.29, 1.82) is 0 Å². The van der Waals surface area contributed by atoms with Crippen LogP contribution in [0.15, 0.2) is 29.2 Å². The van der Waals surface area contributed by atoms with E-state index in [4.69, 9.17) is 17.3 Å². The van der Waals surface area contributed by atoms with Gasteiger partial charge in [-0.1, -0.05) is 23.8 Å². The van der Waals surface area contributed by atoms with E-state index in [1.165, 1.54) is 23.5 Å². The number of benzene rings is 1. The average Bonchev–Trinajstić information content (AvgIpc) is 2.24. The molecule has 0 atom stereocenters. The van der Waals surface area contributed by atoms with Gasteiger partial charge in [0.1, 0.15) is 0 Å². The van der Waals surface area contributed by atoms with Gasteiger partial charge in [-0.3, -0.25) is 0 Å². The van der Waals surface area contributed by atoms with Crippen molar-refractivity contribution in [2.24, 2.45) is 0 Å². The lowest BCUT2D eigenvalue weighted by molar-refractivity contribution is 0.493. The van der Waals surface area contributed by atoms with E-state index >= 15 is 0 Å². The van der Waals surface area contributed by atoms with Gasteiger partial charge in [0.2, 0.25) is 10.0 Å². The lowest BCUT2D eigenvalue weighted by Crippen LogP contribution is -2.28. The van der Waals surface area contributed by atoms with E-state index in [0.717, 1.165) is 5.57 Å². The predicted octanol–water partition coefficient (Wildman–Crippen LogP) is 2.43. The third-order valence-corrected chi connectivity index (χ3v) is 4.73. The number of nitrogens with two attached hydrogens (primary N) is 1. The summed E-state index contributed by atoms with van der Waals surface area (Å²) in [6.45, 7) is 7.46. The molecule has 0 aliphatic heterocycles. The van der Waals surface area contributed by atoms with E-state index in [1.807, 2.05) is 0 Å². The van der Waals surface area contributed by atoms with Crippen LogP contribution in [-0.2, 0) is 10.0 Å². The average molecular weight is 289 g/mol. The smallest absolute Gasteiger partial charge is 0.243 e. The van der Waals surface area contributed by atoms with Gasteiger partial charge in [0.15, 0.2) is 0 Å². The van der Waals surface area contributed by atoms with E-state index in [-0.39, 0.29) is 11.4 Å². The van der Waals surface area contributed by atoms with Crippen molar-refractivity contribution in [2.75, 3.05) is 19.3 Å². The summed E-state index contributed by atoms with van der Waals surface area (Å²) in [4.78, 5) is 0.0966. The summed E-state index contributed by atoms with van der Waals surface area (Å²) < 4.78 is 25.7. The number of sulfonamides is 1. The molecule has 1 aromatic carbocycles. The number of nitrogens with zero attached hydrogens (tertiary/aromatic N) is 1. The first kappa shape index (κ1) is 15.0. The molecule has 0 saturated heterocycles. The van der Waals surface area contributed by atoms with Crippen molar-refractivity contribution >= 4 is 27.3 Å². The minimum atomic E-state index is -3.59. The Kier molecular flexibility index (Phi) is 4.42. The van der Waals surface area contributed by atoms with Crippen molar-refractivity contribution < 1.29 is 8.42 Å². The Morgan fingerprint density at radius 1 is 1.50 bits per heavy atom. The van der Waals surface area contributed by atoms with E-state index in [0.29, 0.717) is 16.3 Å². The predicted molar refractivity (Wildman–Crippen MR) is 75.2 cm³/mol. The lowest BCUT2D eigenvalue weighted by atomic mass is 10.2. The first-order valence-corrected chi connectivity index (χ1v) is 7.14. The van der Waals surface area contributed by atoms with Crippen LogP contribution in [0.3, 0.4) is 0 Å². The zero-order chi connectivity index (χ0) is 14.1. The van der Waals surface area contributed by atoms with Crippen molar-refractivity contribution in [2.45, 2.75) is 18.7 Å². The summed E-state index contributed by atoms with van der Waals surface area (Å²) in [6.07, 6.45) is 0. The fraction of sp³-hybridized carbons (Fsp3) is 0.333. The van der Waals surface area contributed by atoms with E-state index < -0.39 is 10.0 Å². The highest BCUT2D eigenvalue weighted by Crippen LogP contribution is 2.27. The molecule has 0 amide bonds. The Morgan fingerprint density at radius 3 is 2.50 bits per heavy atom. The highest BCUT2D eigenvalue weighted by Gasteiger charge is 2.22. The molecule has 0 aromatic heterocycles. The zero-order valence-electron chi connectivity index (χ0n) is 10.7. The number of rotatable bonds is 4. The van der Waals surface area contributed by atoms with E-state index in [9.17, 15) is 8.42 Å². The zero-order valence-corrected chi connectivity index (χ0v) is 12.3. The third-order valence-electron chi connectivity index (χ3n) is 2.56. The molecule has 0 radical (unpaired) electrons. The molecule has 0 unspecified atom stereocenters. The van der Waals surface area contributed by atoms with E-state index in [2.05, 4.69) is 6.58 Å². The van der Waals surface area contributed by atoms with Crippen LogP contribution in [0.4, 0.5) is 5.69 Å². The summed E-state index contributed by atoms with van der Waals surface area (Å²) in [5.74, 6) is 0. The van der Waals surface area contributed by atoms with Gasteiger partial charge in [-0.25, -0.2) is 8.42 Å². The fourth-order valence-electron chi connectivity index (χ4n) is 1.47. The molecule has 2 N–H and O–H groups in total. The Bertz CT molecular complexity index is 559. The van der Waals surface area contributed by atoms with Gasteiger partial charge in [-0.15, -0.1) is 0 Å². The fourth-order valence-corrected chi connectivity index (χ4v) is 3.05. The molecule has 0 aliphatic rings. The molecule has 1 aromatic rings. The van der Waals surface area contributed by atoms with E-state index in [1.54, 1.807) is 13.8 Å². The maximum atomic E-state index is 12.3. The molecule has 100 valence electrons. The molecule has 1 rings (SSSR count). The number of likely N-dealkylation sites (N-methyl/N-ethyl adjacent to an activating group) is 1. The van der Waals surface area contributed by atoms with Crippen molar-refractivity contribution in [1.82, 2.24) is 4.31 Å². The van der Waals surface area contributed by atoms with Gasteiger partial charge in [0, 0.05) is 24.3 Å². The van der Waals surface area contributed by atoms with Gasteiger partial charge in [0.05, 0.1) is 4.90 Å². The standard InChI is InChI=1S/C12H17ClN2O2S/c1-8(2)7-15(4)18(16,17)10-5-11(13)9(3)12(14)6-10/h5-6H,1,7,14H2,2-4H3. The van der Waals surface area contributed by atoms with Crippen molar-refractivity contribution in [3.63, 3.8) is 0 Å². The summed E-state index contributed by atoms with van der Waals surface area (Å²) in [5.41, 5.74) is 7.54. The summed E-state index contributed by atoms with van der Waals surface area (Å²) in [5, 5.41) is 0.345. The van der Waals surface area contributed by atoms with Crippen LogP contribution in [0.2, 0.25) is 5.02 Å². The minimum absolute atomic E-state index is 0.0966. The third kappa shape index (κ3) is 3.04. The maximum Gasteiger partial charge on any atom is 0.243 e. The monoisotopic (exact) mass is 288 g/mol. The van der Waals surface area contributed by atoms with Gasteiger partial charge in [0.25, 0.3) is 0 Å². The van der Waals surface area contributed by atoms with Crippen LogP contribution in [-0.4, -0.2) is 26.3 Å². The Hall–Kier alpha value is -1.04. The molecular weight excluding hydrogens is 272 g/mol. The molecule has 0 fully saturated rings. The molecule has 0 spiro atoms. The first-order chi connectivity index (χ1) is 8.16. The number of anilines is 1. The normalized spacial score (nSPS) is 11.8. The maximum absolute atomic E-state index is 12.3. The van der Waals surface area contributed by atoms with Crippen LogP contribution in [0.1, 0.15) is 12.5 Å². The largest absolute Gasteiger partial charge is 0.398 e. The summed E-state index contributed by atoms with van der Waals surface area (Å²) >= 11 is 5.96. The highest BCUT2D eigenvalue weighted by atomic mass is 35.5. The van der Waals surface area contributed by atoms with Crippen LogP contribution in [0.5, 0.6) is 0 Å². The SMILES string of the molecule is C=C(C)CN(C)S(=O)(=O)c1cc(N)c(C)c(Cl)c1. The highest BCUT2D eigenvalue weighted by molar-refractivity contribution is 7.89. The quantitative estimate of drug-likeness (QED) is 0.684. The van der Waals surface area contributed by atoms with Gasteiger partial charge >= 0.3 is 0 Å². The number of hydrogen-bond donors (Lipinski definition) is 1. The van der Waals surface area contributed by atoms with Crippen LogP contribution < -0.4 is 5.73 Å². The van der Waals surface area contributed by atoms with Gasteiger partial charge < -0.3 is 5.73 Å². The molecule has 0 aliphatic carbocycles. The van der Waals surface area contributed by atoms with Crippen molar-refractivity contribution in [3.8, 4) is 0 Å². The van der Waals surface area contributed by atoms with Crippen LogP contribution in [0.25, 0.3) is 0 Å². The minimum Gasteiger partial charge on any atom is -0.398 e. The molecule has 18 heavy (non-hydrogen) atoms. The summed E-state index contributed by atoms with van der Waals surface area (Å²) in [6, 6.07) is 2.84. The number of nitrogen functional groups attached to an aromatic ring is 1. The molecule has 0 saturated carbocycles. The molecule has 0 bridgehead atoms. The summed E-state index contributed by atoms with van der Waals surface area (Å²) in [7, 11) is -2.09. The second-order valence-corrected chi connectivity index (χ2v) is 6.79. The Labute approximate surface area is 113 Å². The Morgan fingerprint density at radius 2 is 2.06 bits per heavy atom. The van der Waals surface area contributed by atoms with Crippen LogP contribution in [0, 0.1) is 6.92 Å². The van der Waals surface area contributed by atoms with Gasteiger partial charge in [-0.2, -0.15) is 4.31 Å². The number of halogens is 1. The molecule has 0 heterocycles. The van der Waals surface area contributed by atoms with Crippen molar-refractivity contribution in [3.05, 3.63) is 34.9 Å². The first-order valence-electron chi connectivity index (χ1n) is 5.32. The van der Waals surface area contributed by atoms with Gasteiger partial charge in [-0.05, 0) is 31.5 Å². The molecule has 4 nitrogen and oxygen atoms in total. The number of hydrogen-bond acceptors (Lipinski definition) is 3. The molecular formula is C12H17ClN2O2S. The topological polar surface area (TPSA) is 63.4 Å². The lowest BCUT2D eigenvalue weighted by Gasteiger charge is -2.18.